The van der Waals surface area contributed by atoms with E-state index in [0.717, 1.165) is 70.6 Å². The van der Waals surface area contributed by atoms with Crippen molar-refractivity contribution in [1.29, 1.82) is 0 Å². The maximum absolute atomic E-state index is 12.9. The predicted octanol–water partition coefficient (Wildman–Crippen LogP) is 23.2. The van der Waals surface area contributed by atoms with Crippen molar-refractivity contribution >= 4 is 17.9 Å². The second-order valence-corrected chi connectivity index (χ2v) is 23.1. The van der Waals surface area contributed by atoms with E-state index in [1.54, 1.807) is 0 Å². The highest BCUT2D eigenvalue weighted by molar-refractivity contribution is 5.71. The standard InChI is InChI=1S/C70H130O6/c1-4-7-10-13-16-18-20-22-24-26-28-30-32-34-35-37-38-40-42-44-46-48-50-52-54-57-60-63-69(72)75-66-67(65-74-68(71)62-59-56-15-12-9-6-3)76-70(73)64-61-58-55-53-51-49-47-45-43-41-39-36-33-31-29-27-25-23-21-19-17-14-11-8-5-2/h21,23,27,29,33,36,67H,4-20,22,24-26,28,30-32,34-35,37-66H2,1-3H3/b23-21-,29-27-,36-33-. The van der Waals surface area contributed by atoms with Crippen molar-refractivity contribution in [3.05, 3.63) is 36.5 Å². The Bertz CT molecular complexity index is 1270. The second kappa shape index (κ2) is 65.2. The van der Waals surface area contributed by atoms with Gasteiger partial charge in [0.25, 0.3) is 0 Å². The summed E-state index contributed by atoms with van der Waals surface area (Å²) in [5.74, 6) is -0.860. The third kappa shape index (κ3) is 62.5. The van der Waals surface area contributed by atoms with E-state index in [9.17, 15) is 14.4 Å². The molecular formula is C70H130O6. The predicted molar refractivity (Wildman–Crippen MR) is 330 cm³/mol. The van der Waals surface area contributed by atoms with E-state index in [2.05, 4.69) is 57.2 Å². The van der Waals surface area contributed by atoms with Crippen LogP contribution in [0.1, 0.15) is 374 Å². The number of hydrogen-bond donors (Lipinski definition) is 0. The van der Waals surface area contributed by atoms with Crippen LogP contribution in [0.5, 0.6) is 0 Å². The van der Waals surface area contributed by atoms with Crippen molar-refractivity contribution in [3.63, 3.8) is 0 Å². The molecule has 6 nitrogen and oxygen atoms in total. The molecule has 0 aliphatic carbocycles. The number of carbonyl (C=O) groups excluding carboxylic acids is 3. The van der Waals surface area contributed by atoms with E-state index in [0.29, 0.717) is 19.3 Å². The first kappa shape index (κ1) is 73.6. The third-order valence-electron chi connectivity index (χ3n) is 15.4. The fourth-order valence-electron chi connectivity index (χ4n) is 10.3. The molecule has 0 aliphatic rings. The van der Waals surface area contributed by atoms with Gasteiger partial charge in [-0.1, -0.05) is 333 Å². The first-order valence-electron chi connectivity index (χ1n) is 34.0. The summed E-state index contributed by atoms with van der Waals surface area (Å²) in [5.41, 5.74) is 0. The van der Waals surface area contributed by atoms with Gasteiger partial charge >= 0.3 is 17.9 Å². The van der Waals surface area contributed by atoms with Crippen LogP contribution in [0.15, 0.2) is 36.5 Å². The van der Waals surface area contributed by atoms with Crippen molar-refractivity contribution < 1.29 is 28.6 Å². The number of unbranched alkanes of at least 4 members (excludes halogenated alkanes) is 46. The molecule has 0 saturated carbocycles. The van der Waals surface area contributed by atoms with Gasteiger partial charge in [0.05, 0.1) is 0 Å². The first-order chi connectivity index (χ1) is 37.5. The lowest BCUT2D eigenvalue weighted by atomic mass is 10.0. The van der Waals surface area contributed by atoms with Crippen LogP contribution in [0.2, 0.25) is 0 Å². The molecule has 76 heavy (non-hydrogen) atoms. The molecule has 0 bridgehead atoms. The fourth-order valence-corrected chi connectivity index (χ4v) is 10.3. The van der Waals surface area contributed by atoms with Gasteiger partial charge in [-0.05, 0) is 57.8 Å². The summed E-state index contributed by atoms with van der Waals surface area (Å²) in [7, 11) is 0. The van der Waals surface area contributed by atoms with Gasteiger partial charge < -0.3 is 14.2 Å². The van der Waals surface area contributed by atoms with E-state index < -0.39 is 6.10 Å². The minimum Gasteiger partial charge on any atom is -0.462 e. The molecule has 0 aliphatic heterocycles. The minimum atomic E-state index is -0.769. The molecule has 0 aromatic carbocycles. The molecule has 0 fully saturated rings. The minimum absolute atomic E-state index is 0.0691. The quantitative estimate of drug-likeness (QED) is 0.0261. The molecule has 0 rings (SSSR count). The van der Waals surface area contributed by atoms with Crippen LogP contribution in [0.4, 0.5) is 0 Å². The average molecular weight is 1070 g/mol. The van der Waals surface area contributed by atoms with Gasteiger partial charge in [-0.15, -0.1) is 0 Å². The maximum Gasteiger partial charge on any atom is 0.306 e. The highest BCUT2D eigenvalue weighted by atomic mass is 16.6. The molecular weight excluding hydrogens is 937 g/mol. The molecule has 1 atom stereocenters. The van der Waals surface area contributed by atoms with Gasteiger partial charge in [-0.25, -0.2) is 0 Å². The smallest absolute Gasteiger partial charge is 0.306 e. The molecule has 0 heterocycles. The molecule has 1 unspecified atom stereocenters. The summed E-state index contributed by atoms with van der Waals surface area (Å²) >= 11 is 0. The third-order valence-corrected chi connectivity index (χ3v) is 15.4. The lowest BCUT2D eigenvalue weighted by Gasteiger charge is -2.18. The van der Waals surface area contributed by atoms with Crippen LogP contribution >= 0.6 is 0 Å². The SMILES string of the molecule is CCCCCCC/C=C\C/C=C\C/C=C\CCCCCCCCCCCCC(=O)OC(COC(=O)CCCCCCCC)COC(=O)CCCCCCCCCCCCCCCCCCCCCCCCCCCCC. The Balaban J connectivity index is 4.01. The molecule has 6 heteroatoms. The molecule has 0 radical (unpaired) electrons. The van der Waals surface area contributed by atoms with Gasteiger partial charge in [0.15, 0.2) is 6.10 Å². The van der Waals surface area contributed by atoms with Crippen molar-refractivity contribution in [2.75, 3.05) is 13.2 Å². The van der Waals surface area contributed by atoms with Crippen LogP contribution in [0.25, 0.3) is 0 Å². The molecule has 0 saturated heterocycles. The Hall–Kier alpha value is -2.37. The monoisotopic (exact) mass is 1070 g/mol. The molecule has 0 amide bonds. The van der Waals surface area contributed by atoms with Gasteiger partial charge in [-0.2, -0.15) is 0 Å². The van der Waals surface area contributed by atoms with Crippen molar-refractivity contribution in [3.8, 4) is 0 Å². The van der Waals surface area contributed by atoms with E-state index in [-0.39, 0.29) is 31.1 Å². The van der Waals surface area contributed by atoms with Gasteiger partial charge in [0.1, 0.15) is 13.2 Å². The number of rotatable bonds is 63. The van der Waals surface area contributed by atoms with Crippen LogP contribution < -0.4 is 0 Å². The number of esters is 3. The molecule has 0 aromatic rings. The second-order valence-electron chi connectivity index (χ2n) is 23.1. The van der Waals surface area contributed by atoms with Crippen molar-refractivity contribution in [1.82, 2.24) is 0 Å². The van der Waals surface area contributed by atoms with Gasteiger partial charge in [-0.3, -0.25) is 14.4 Å². The molecule has 0 aromatic heterocycles. The molecule has 0 N–H and O–H groups in total. The largest absolute Gasteiger partial charge is 0.462 e. The Labute approximate surface area is 474 Å². The fraction of sp³-hybridized carbons (Fsp3) is 0.871. The van der Waals surface area contributed by atoms with E-state index in [4.69, 9.17) is 14.2 Å². The highest BCUT2D eigenvalue weighted by Gasteiger charge is 2.19. The molecule has 446 valence electrons. The Morgan fingerprint density at radius 3 is 0.737 bits per heavy atom. The number of carbonyl (C=O) groups is 3. The number of allylic oxidation sites excluding steroid dienone is 6. The summed E-state index contributed by atoms with van der Waals surface area (Å²) in [4.78, 5) is 38.1. The summed E-state index contributed by atoms with van der Waals surface area (Å²) < 4.78 is 16.8. The van der Waals surface area contributed by atoms with E-state index in [1.807, 2.05) is 0 Å². The number of ether oxygens (including phenoxy) is 3. The van der Waals surface area contributed by atoms with Crippen molar-refractivity contribution in [2.24, 2.45) is 0 Å². The normalized spacial score (nSPS) is 12.2. The summed E-state index contributed by atoms with van der Waals surface area (Å²) in [6.45, 7) is 6.63. The summed E-state index contributed by atoms with van der Waals surface area (Å²) in [6, 6.07) is 0. The Morgan fingerprint density at radius 2 is 0.474 bits per heavy atom. The lowest BCUT2D eigenvalue weighted by molar-refractivity contribution is -0.167. The van der Waals surface area contributed by atoms with Gasteiger partial charge in [0, 0.05) is 19.3 Å². The Kier molecular flexibility index (Phi) is 63.1. The van der Waals surface area contributed by atoms with Crippen LogP contribution in [-0.4, -0.2) is 37.2 Å². The lowest BCUT2D eigenvalue weighted by Crippen LogP contribution is -2.30. The highest BCUT2D eigenvalue weighted by Crippen LogP contribution is 2.18. The summed E-state index contributed by atoms with van der Waals surface area (Å²) in [6.07, 6.45) is 80.7. The summed E-state index contributed by atoms with van der Waals surface area (Å²) in [5, 5.41) is 0. The molecule has 0 spiro atoms. The zero-order valence-corrected chi connectivity index (χ0v) is 51.3. The van der Waals surface area contributed by atoms with E-state index >= 15 is 0 Å². The average Bonchev–Trinajstić information content (AvgIpc) is 3.42. The zero-order chi connectivity index (χ0) is 55.0. The van der Waals surface area contributed by atoms with Crippen molar-refractivity contribution in [2.45, 2.75) is 380 Å². The maximum atomic E-state index is 12.9. The zero-order valence-electron chi connectivity index (χ0n) is 51.3. The topological polar surface area (TPSA) is 78.9 Å². The van der Waals surface area contributed by atoms with Crippen LogP contribution in [-0.2, 0) is 28.6 Å². The van der Waals surface area contributed by atoms with E-state index in [1.165, 1.54) is 263 Å². The first-order valence-corrected chi connectivity index (χ1v) is 34.0. The van der Waals surface area contributed by atoms with Crippen LogP contribution in [0, 0.1) is 0 Å². The number of hydrogen-bond acceptors (Lipinski definition) is 6. The van der Waals surface area contributed by atoms with Gasteiger partial charge in [0.2, 0.25) is 0 Å². The van der Waals surface area contributed by atoms with Crippen LogP contribution in [0.3, 0.4) is 0 Å². The Morgan fingerprint density at radius 1 is 0.263 bits per heavy atom.